The van der Waals surface area contributed by atoms with Crippen molar-refractivity contribution in [1.29, 1.82) is 0 Å². The summed E-state index contributed by atoms with van der Waals surface area (Å²) in [6.07, 6.45) is 4.07. The Balaban J connectivity index is 1.95. The predicted octanol–water partition coefficient (Wildman–Crippen LogP) is 2.83. The highest BCUT2D eigenvalue weighted by molar-refractivity contribution is 9.09. The van der Waals surface area contributed by atoms with Crippen LogP contribution >= 0.6 is 15.9 Å². The Kier molecular flexibility index (Phi) is 2.75. The van der Waals surface area contributed by atoms with E-state index in [9.17, 15) is 0 Å². The van der Waals surface area contributed by atoms with Crippen molar-refractivity contribution in [3.05, 3.63) is 0 Å². The quantitative estimate of drug-likeness (QED) is 0.633. The van der Waals surface area contributed by atoms with Gasteiger partial charge in [-0.05, 0) is 37.0 Å². The largest absolute Gasteiger partial charge is 0.381 e. The first-order valence-corrected chi connectivity index (χ1v) is 5.92. The molecule has 0 spiro atoms. The number of hydrogen-bond acceptors (Lipinski definition) is 1. The fraction of sp³-hybridized carbons (Fsp3) is 1.00. The van der Waals surface area contributed by atoms with Gasteiger partial charge in [-0.3, -0.25) is 0 Å². The van der Waals surface area contributed by atoms with Crippen LogP contribution in [0.4, 0.5) is 0 Å². The number of ether oxygens (including phenoxy) is 1. The number of alkyl halides is 1. The van der Waals surface area contributed by atoms with Crippen LogP contribution in [0.5, 0.6) is 0 Å². The zero-order valence-corrected chi connectivity index (χ0v) is 9.22. The minimum absolute atomic E-state index is 0.767. The van der Waals surface area contributed by atoms with Crippen molar-refractivity contribution >= 4 is 15.9 Å². The first-order chi connectivity index (χ1) is 5.79. The first kappa shape index (κ1) is 9.01. The summed E-state index contributed by atoms with van der Waals surface area (Å²) in [6, 6.07) is 0. The maximum absolute atomic E-state index is 5.44. The molecule has 1 aliphatic carbocycles. The van der Waals surface area contributed by atoms with Crippen molar-refractivity contribution in [3.63, 3.8) is 0 Å². The molecule has 2 heteroatoms. The topological polar surface area (TPSA) is 9.23 Å². The molecule has 2 rings (SSSR count). The molecule has 0 radical (unpaired) electrons. The van der Waals surface area contributed by atoms with Gasteiger partial charge in [0.05, 0.1) is 0 Å². The average Bonchev–Trinajstić information content (AvgIpc) is 2.64. The zero-order chi connectivity index (χ0) is 8.55. The lowest BCUT2D eigenvalue weighted by Gasteiger charge is -2.22. The van der Waals surface area contributed by atoms with Crippen LogP contribution < -0.4 is 0 Å². The summed E-state index contributed by atoms with van der Waals surface area (Å²) in [5.41, 5.74) is 0. The summed E-state index contributed by atoms with van der Waals surface area (Å²) in [7, 11) is 0. The maximum Gasteiger partial charge on any atom is 0.0497 e. The van der Waals surface area contributed by atoms with E-state index in [4.69, 9.17) is 4.74 Å². The molecule has 70 valence electrons. The van der Waals surface area contributed by atoms with E-state index in [2.05, 4.69) is 22.9 Å². The molecular weight excluding hydrogens is 216 g/mol. The van der Waals surface area contributed by atoms with Gasteiger partial charge in [-0.25, -0.2) is 0 Å². The fourth-order valence-electron chi connectivity index (χ4n) is 2.70. The van der Waals surface area contributed by atoms with Gasteiger partial charge in [0, 0.05) is 18.0 Å². The summed E-state index contributed by atoms with van der Waals surface area (Å²) in [5.74, 6) is 2.65. The summed E-state index contributed by atoms with van der Waals surface area (Å²) in [6.45, 7) is 4.41. The standard InChI is InChI=1S/C10H17BrO/c1-7-9(2-3-10(7)11)8-4-5-12-6-8/h7-10H,2-6H2,1H3. The van der Waals surface area contributed by atoms with Crippen molar-refractivity contribution in [2.75, 3.05) is 13.2 Å². The third-order valence-corrected chi connectivity index (χ3v) is 4.88. The van der Waals surface area contributed by atoms with Gasteiger partial charge >= 0.3 is 0 Å². The summed E-state index contributed by atoms with van der Waals surface area (Å²) < 4.78 is 5.44. The van der Waals surface area contributed by atoms with E-state index >= 15 is 0 Å². The van der Waals surface area contributed by atoms with E-state index in [1.54, 1.807) is 0 Å². The van der Waals surface area contributed by atoms with Gasteiger partial charge in [-0.2, -0.15) is 0 Å². The molecule has 2 aliphatic rings. The lowest BCUT2D eigenvalue weighted by atomic mass is 9.84. The second kappa shape index (κ2) is 3.67. The molecule has 4 unspecified atom stereocenters. The Hall–Kier alpha value is 0.440. The Labute approximate surface area is 83.0 Å². The van der Waals surface area contributed by atoms with Crippen LogP contribution in [-0.2, 0) is 4.74 Å². The van der Waals surface area contributed by atoms with E-state index in [-0.39, 0.29) is 0 Å². The van der Waals surface area contributed by atoms with Crippen molar-refractivity contribution < 1.29 is 4.74 Å². The second-order valence-electron chi connectivity index (χ2n) is 4.24. The van der Waals surface area contributed by atoms with Gasteiger partial charge in [0.1, 0.15) is 0 Å². The summed E-state index contributed by atoms with van der Waals surface area (Å²) in [4.78, 5) is 0.767. The highest BCUT2D eigenvalue weighted by Gasteiger charge is 2.37. The molecule has 0 bridgehead atoms. The van der Waals surface area contributed by atoms with E-state index < -0.39 is 0 Å². The van der Waals surface area contributed by atoms with Crippen LogP contribution in [-0.4, -0.2) is 18.0 Å². The highest BCUT2D eigenvalue weighted by atomic mass is 79.9. The van der Waals surface area contributed by atoms with Crippen LogP contribution in [0.25, 0.3) is 0 Å². The third-order valence-electron chi connectivity index (χ3n) is 3.59. The average molecular weight is 233 g/mol. The summed E-state index contributed by atoms with van der Waals surface area (Å²) in [5, 5.41) is 0. The maximum atomic E-state index is 5.44. The van der Waals surface area contributed by atoms with Crippen LogP contribution in [0, 0.1) is 17.8 Å². The molecule has 1 saturated carbocycles. The van der Waals surface area contributed by atoms with E-state index in [1.165, 1.54) is 19.3 Å². The van der Waals surface area contributed by atoms with Crippen molar-refractivity contribution in [2.45, 2.75) is 31.0 Å². The fourth-order valence-corrected chi connectivity index (χ4v) is 3.36. The molecule has 0 aromatic rings. The molecule has 0 aromatic heterocycles. The summed E-state index contributed by atoms with van der Waals surface area (Å²) >= 11 is 3.75. The van der Waals surface area contributed by atoms with E-state index in [1.807, 2.05) is 0 Å². The zero-order valence-electron chi connectivity index (χ0n) is 7.63. The smallest absolute Gasteiger partial charge is 0.0497 e. The molecule has 12 heavy (non-hydrogen) atoms. The number of hydrogen-bond donors (Lipinski definition) is 0. The second-order valence-corrected chi connectivity index (χ2v) is 5.42. The highest BCUT2D eigenvalue weighted by Crippen LogP contribution is 2.42. The first-order valence-electron chi connectivity index (χ1n) is 5.01. The molecule has 1 aliphatic heterocycles. The molecule has 1 nitrogen and oxygen atoms in total. The Bertz CT molecular complexity index is 154. The molecule has 1 saturated heterocycles. The van der Waals surface area contributed by atoms with Crippen LogP contribution in [0.3, 0.4) is 0 Å². The lowest BCUT2D eigenvalue weighted by molar-refractivity contribution is 0.164. The minimum atomic E-state index is 0.767. The van der Waals surface area contributed by atoms with Crippen LogP contribution in [0.2, 0.25) is 0 Å². The molecule has 0 aromatic carbocycles. The monoisotopic (exact) mass is 232 g/mol. The molecule has 0 N–H and O–H groups in total. The number of rotatable bonds is 1. The van der Waals surface area contributed by atoms with Gasteiger partial charge in [0.25, 0.3) is 0 Å². The SMILES string of the molecule is CC1C(Br)CCC1C1CCOC1. The Morgan fingerprint density at radius 3 is 2.58 bits per heavy atom. The molecule has 4 atom stereocenters. The van der Waals surface area contributed by atoms with E-state index in [0.717, 1.165) is 35.8 Å². The van der Waals surface area contributed by atoms with Gasteiger partial charge in [-0.15, -0.1) is 0 Å². The van der Waals surface area contributed by atoms with E-state index in [0.29, 0.717) is 0 Å². The van der Waals surface area contributed by atoms with Gasteiger partial charge in [-0.1, -0.05) is 22.9 Å². The normalized spacial score (nSPS) is 48.5. The van der Waals surface area contributed by atoms with Crippen LogP contribution in [0.1, 0.15) is 26.2 Å². The van der Waals surface area contributed by atoms with Gasteiger partial charge in [0.2, 0.25) is 0 Å². The molecular formula is C10H17BrO. The molecule has 2 fully saturated rings. The van der Waals surface area contributed by atoms with Crippen molar-refractivity contribution in [1.82, 2.24) is 0 Å². The minimum Gasteiger partial charge on any atom is -0.381 e. The van der Waals surface area contributed by atoms with Crippen LogP contribution in [0.15, 0.2) is 0 Å². The van der Waals surface area contributed by atoms with Gasteiger partial charge < -0.3 is 4.74 Å². The third kappa shape index (κ3) is 1.56. The van der Waals surface area contributed by atoms with Crippen molar-refractivity contribution in [2.24, 2.45) is 17.8 Å². The van der Waals surface area contributed by atoms with Gasteiger partial charge in [0.15, 0.2) is 0 Å². The Morgan fingerprint density at radius 2 is 2.08 bits per heavy atom. The molecule has 1 heterocycles. The number of halogens is 1. The molecule has 0 amide bonds. The lowest BCUT2D eigenvalue weighted by Crippen LogP contribution is -2.20. The predicted molar refractivity (Wildman–Crippen MR) is 53.5 cm³/mol. The van der Waals surface area contributed by atoms with Crippen molar-refractivity contribution in [3.8, 4) is 0 Å². The Morgan fingerprint density at radius 1 is 1.25 bits per heavy atom.